The molecule has 5 aromatic carbocycles. The fourth-order valence-electron chi connectivity index (χ4n) is 5.10. The van der Waals surface area contributed by atoms with Crippen LogP contribution in [0.25, 0.3) is 11.1 Å². The van der Waals surface area contributed by atoms with Gasteiger partial charge in [0.05, 0.1) is 12.5 Å². The summed E-state index contributed by atoms with van der Waals surface area (Å²) in [5.41, 5.74) is 4.70. The first-order valence-electron chi connectivity index (χ1n) is 13.5. The van der Waals surface area contributed by atoms with Crippen molar-refractivity contribution in [2.24, 2.45) is 5.92 Å². The van der Waals surface area contributed by atoms with Crippen molar-refractivity contribution in [3.8, 4) is 11.1 Å². The third-order valence-electron chi connectivity index (χ3n) is 6.89. The standard InChI is InChI=1S/C36H33O2P/c1-2-38-36(37)30(26-28-16-6-3-7-17-28)27-29-18-12-13-23-33(29)34-24-14-15-25-35(34)39(31-19-8-4-9-20-31)32-21-10-5-11-22-32/h3-25,30H,2,26-27H2,1H3. The molecule has 0 aliphatic rings. The minimum absolute atomic E-state index is 0.139. The number of hydrogen-bond donors (Lipinski definition) is 0. The zero-order valence-corrected chi connectivity index (χ0v) is 23.1. The van der Waals surface area contributed by atoms with Gasteiger partial charge in [-0.15, -0.1) is 0 Å². The molecule has 0 aliphatic heterocycles. The summed E-state index contributed by atoms with van der Waals surface area (Å²) in [7, 11) is -0.773. The smallest absolute Gasteiger partial charge is 0.309 e. The second kappa shape index (κ2) is 13.2. The molecule has 5 rings (SSSR count). The Balaban J connectivity index is 1.58. The van der Waals surface area contributed by atoms with Gasteiger partial charge in [0.15, 0.2) is 0 Å². The fourth-order valence-corrected chi connectivity index (χ4v) is 7.57. The Hall–Kier alpha value is -4.00. The van der Waals surface area contributed by atoms with Crippen LogP contribution in [0.5, 0.6) is 0 Å². The van der Waals surface area contributed by atoms with Crippen molar-refractivity contribution in [3.05, 3.63) is 151 Å². The summed E-state index contributed by atoms with van der Waals surface area (Å²) in [6, 6.07) is 49.1. The second-order valence-electron chi connectivity index (χ2n) is 9.52. The summed E-state index contributed by atoms with van der Waals surface area (Å²) in [5, 5.41) is 3.95. The van der Waals surface area contributed by atoms with Gasteiger partial charge in [0.2, 0.25) is 0 Å². The first-order valence-corrected chi connectivity index (χ1v) is 14.9. The lowest BCUT2D eigenvalue weighted by molar-refractivity contribution is -0.147. The molecule has 0 fully saturated rings. The molecule has 1 atom stereocenters. The molecule has 0 aliphatic carbocycles. The van der Waals surface area contributed by atoms with E-state index in [1.807, 2.05) is 25.1 Å². The summed E-state index contributed by atoms with van der Waals surface area (Å²) in [5.74, 6) is -0.398. The van der Waals surface area contributed by atoms with Crippen LogP contribution in [0, 0.1) is 5.92 Å². The number of carbonyl (C=O) groups excluding carboxylic acids is 1. The van der Waals surface area contributed by atoms with Crippen LogP contribution in [0.4, 0.5) is 0 Å². The maximum atomic E-state index is 13.1. The largest absolute Gasteiger partial charge is 0.466 e. The van der Waals surface area contributed by atoms with Gasteiger partial charge in [0, 0.05) is 0 Å². The molecular weight excluding hydrogens is 495 g/mol. The molecule has 0 saturated carbocycles. The predicted molar refractivity (Wildman–Crippen MR) is 165 cm³/mol. The van der Waals surface area contributed by atoms with Gasteiger partial charge in [0.25, 0.3) is 0 Å². The van der Waals surface area contributed by atoms with E-state index in [0.717, 1.165) is 11.1 Å². The van der Waals surface area contributed by atoms with E-state index in [9.17, 15) is 4.79 Å². The molecule has 0 amide bonds. The number of esters is 1. The molecule has 194 valence electrons. The number of carbonyl (C=O) groups is 1. The molecule has 1 unspecified atom stereocenters. The highest BCUT2D eigenvalue weighted by atomic mass is 31.1. The van der Waals surface area contributed by atoms with Crippen LogP contribution in [-0.2, 0) is 22.4 Å². The van der Waals surface area contributed by atoms with Gasteiger partial charge in [0.1, 0.15) is 0 Å². The molecule has 0 radical (unpaired) electrons. The highest BCUT2D eigenvalue weighted by Crippen LogP contribution is 2.38. The van der Waals surface area contributed by atoms with Crippen LogP contribution in [0.3, 0.4) is 0 Å². The first kappa shape index (κ1) is 26.6. The lowest BCUT2D eigenvalue weighted by Crippen LogP contribution is -2.24. The quantitative estimate of drug-likeness (QED) is 0.143. The van der Waals surface area contributed by atoms with Crippen LogP contribution in [0.15, 0.2) is 140 Å². The Labute approximate surface area is 233 Å². The number of ether oxygens (including phenoxy) is 1. The summed E-state index contributed by atoms with van der Waals surface area (Å²) >= 11 is 0. The number of hydrogen-bond acceptors (Lipinski definition) is 2. The molecule has 0 N–H and O–H groups in total. The maximum Gasteiger partial charge on any atom is 0.309 e. The Morgan fingerprint density at radius 3 is 1.74 bits per heavy atom. The lowest BCUT2D eigenvalue weighted by Gasteiger charge is -2.24. The van der Waals surface area contributed by atoms with Gasteiger partial charge in [-0.2, -0.15) is 0 Å². The minimum Gasteiger partial charge on any atom is -0.466 e. The van der Waals surface area contributed by atoms with E-state index in [1.54, 1.807) is 0 Å². The van der Waals surface area contributed by atoms with Crippen molar-refractivity contribution >= 4 is 29.8 Å². The van der Waals surface area contributed by atoms with Gasteiger partial charge >= 0.3 is 5.97 Å². The van der Waals surface area contributed by atoms with Gasteiger partial charge in [-0.1, -0.05) is 140 Å². The Bertz CT molecular complexity index is 1440. The zero-order chi connectivity index (χ0) is 26.9. The Kier molecular flexibility index (Phi) is 8.99. The normalized spacial score (nSPS) is 11.7. The molecule has 0 heterocycles. The number of benzene rings is 5. The molecule has 0 spiro atoms. The van der Waals surface area contributed by atoms with Crippen LogP contribution in [-0.4, -0.2) is 12.6 Å². The van der Waals surface area contributed by atoms with Crippen LogP contribution in [0.2, 0.25) is 0 Å². The van der Waals surface area contributed by atoms with Crippen molar-refractivity contribution < 1.29 is 9.53 Å². The average molecular weight is 529 g/mol. The predicted octanol–water partition coefficient (Wildman–Crippen LogP) is 7.08. The van der Waals surface area contributed by atoms with Crippen LogP contribution < -0.4 is 15.9 Å². The molecule has 5 aromatic rings. The van der Waals surface area contributed by atoms with Gasteiger partial charge in [-0.3, -0.25) is 4.79 Å². The minimum atomic E-state index is -0.773. The third-order valence-corrected chi connectivity index (χ3v) is 9.39. The maximum absolute atomic E-state index is 13.1. The van der Waals surface area contributed by atoms with Crippen LogP contribution >= 0.6 is 7.92 Å². The van der Waals surface area contributed by atoms with E-state index in [0.29, 0.717) is 19.4 Å². The lowest BCUT2D eigenvalue weighted by atomic mass is 9.88. The van der Waals surface area contributed by atoms with Crippen LogP contribution in [0.1, 0.15) is 18.1 Å². The van der Waals surface area contributed by atoms with E-state index in [-0.39, 0.29) is 11.9 Å². The van der Waals surface area contributed by atoms with Gasteiger partial charge in [-0.05, 0) is 65.9 Å². The monoisotopic (exact) mass is 528 g/mol. The summed E-state index contributed by atoms with van der Waals surface area (Å²) in [4.78, 5) is 13.1. The van der Waals surface area contributed by atoms with E-state index in [1.165, 1.54) is 27.0 Å². The van der Waals surface area contributed by atoms with Crippen molar-refractivity contribution in [1.29, 1.82) is 0 Å². The van der Waals surface area contributed by atoms with E-state index < -0.39 is 7.92 Å². The molecule has 0 aromatic heterocycles. The molecule has 0 saturated heterocycles. The first-order chi connectivity index (χ1) is 19.2. The Morgan fingerprint density at radius 1 is 0.615 bits per heavy atom. The highest BCUT2D eigenvalue weighted by Gasteiger charge is 2.25. The van der Waals surface area contributed by atoms with Crippen molar-refractivity contribution in [2.45, 2.75) is 19.8 Å². The SMILES string of the molecule is CCOC(=O)C(Cc1ccccc1)Cc1ccccc1-c1ccccc1P(c1ccccc1)c1ccccc1. The average Bonchev–Trinajstić information content (AvgIpc) is 2.99. The molecule has 3 heteroatoms. The third kappa shape index (κ3) is 6.53. The summed E-state index contributed by atoms with van der Waals surface area (Å²) in [6.07, 6.45) is 1.27. The number of rotatable bonds is 10. The highest BCUT2D eigenvalue weighted by molar-refractivity contribution is 7.80. The van der Waals surface area contributed by atoms with Crippen molar-refractivity contribution in [1.82, 2.24) is 0 Å². The molecule has 2 nitrogen and oxygen atoms in total. The fraction of sp³-hybridized carbons (Fsp3) is 0.139. The Morgan fingerprint density at radius 2 is 1.13 bits per heavy atom. The topological polar surface area (TPSA) is 26.3 Å². The molecule has 0 bridgehead atoms. The van der Waals surface area contributed by atoms with Crippen molar-refractivity contribution in [3.63, 3.8) is 0 Å². The summed E-state index contributed by atoms with van der Waals surface area (Å²) in [6.45, 7) is 2.25. The second-order valence-corrected chi connectivity index (χ2v) is 11.7. The molecule has 39 heavy (non-hydrogen) atoms. The molecular formula is C36H33O2P. The van der Waals surface area contributed by atoms with Gasteiger partial charge in [-0.25, -0.2) is 0 Å². The van der Waals surface area contributed by atoms with E-state index in [2.05, 4.69) is 121 Å². The van der Waals surface area contributed by atoms with E-state index in [4.69, 9.17) is 4.74 Å². The summed E-state index contributed by atoms with van der Waals surface area (Å²) < 4.78 is 5.54. The van der Waals surface area contributed by atoms with Gasteiger partial charge < -0.3 is 4.74 Å². The zero-order valence-electron chi connectivity index (χ0n) is 22.2. The van der Waals surface area contributed by atoms with Crippen molar-refractivity contribution in [2.75, 3.05) is 6.61 Å². The van der Waals surface area contributed by atoms with E-state index >= 15 is 0 Å².